The molecule has 0 atom stereocenters. The summed E-state index contributed by atoms with van der Waals surface area (Å²) in [7, 11) is 0. The Balaban J connectivity index is 1.67. The number of hydrogen-bond donors (Lipinski definition) is 1. The van der Waals surface area contributed by atoms with Gasteiger partial charge in [-0.25, -0.2) is 14.1 Å². The summed E-state index contributed by atoms with van der Waals surface area (Å²) in [4.78, 5) is 39.1. The molecule has 3 aromatic carbocycles. The van der Waals surface area contributed by atoms with Crippen LogP contribution < -0.4 is 15.0 Å². The van der Waals surface area contributed by atoms with Crippen LogP contribution in [-0.2, 0) is 16.2 Å². The number of nitrogens with zero attached hydrogens (tertiary/aromatic N) is 1. The fourth-order valence-electron chi connectivity index (χ4n) is 3.27. The molecule has 0 radical (unpaired) electrons. The van der Waals surface area contributed by atoms with Crippen LogP contribution in [0.3, 0.4) is 0 Å². The molecule has 6 nitrogen and oxygen atoms in total. The molecule has 1 aliphatic heterocycles. The van der Waals surface area contributed by atoms with Crippen LogP contribution in [0.25, 0.3) is 6.08 Å². The van der Waals surface area contributed by atoms with E-state index >= 15 is 0 Å². The van der Waals surface area contributed by atoms with Gasteiger partial charge in [-0.2, -0.15) is 0 Å². The molecule has 34 heavy (non-hydrogen) atoms. The normalized spacial score (nSPS) is 15.0. The number of benzene rings is 3. The average molecular weight is 544 g/mol. The van der Waals surface area contributed by atoms with E-state index in [1.165, 1.54) is 24.3 Å². The molecule has 4 rings (SSSR count). The Hall–Kier alpha value is -3.49. The van der Waals surface area contributed by atoms with Crippen LogP contribution in [0.1, 0.15) is 16.7 Å². The molecule has 0 aromatic heterocycles. The summed E-state index contributed by atoms with van der Waals surface area (Å²) in [6.07, 6.45) is 1.36. The molecule has 9 heteroatoms. The van der Waals surface area contributed by atoms with E-state index in [0.29, 0.717) is 20.8 Å². The van der Waals surface area contributed by atoms with Crippen molar-refractivity contribution in [2.24, 2.45) is 0 Å². The molecule has 1 fully saturated rings. The minimum absolute atomic E-state index is 0.144. The lowest BCUT2D eigenvalue weighted by Gasteiger charge is -2.26. The van der Waals surface area contributed by atoms with Crippen molar-refractivity contribution >= 4 is 57.1 Å². The zero-order valence-electron chi connectivity index (χ0n) is 17.8. The Morgan fingerprint density at radius 3 is 2.50 bits per heavy atom. The first kappa shape index (κ1) is 23.7. The molecule has 172 valence electrons. The minimum atomic E-state index is -0.867. The second kappa shape index (κ2) is 9.79. The van der Waals surface area contributed by atoms with Gasteiger partial charge in [0.05, 0.1) is 5.69 Å². The maximum Gasteiger partial charge on any atom is 0.335 e. The lowest BCUT2D eigenvalue weighted by atomic mass is 10.1. The van der Waals surface area contributed by atoms with Crippen molar-refractivity contribution in [2.45, 2.75) is 13.5 Å². The summed E-state index contributed by atoms with van der Waals surface area (Å²) in [5, 5.41) is 2.57. The predicted octanol–water partition coefficient (Wildman–Crippen LogP) is 5.80. The van der Waals surface area contributed by atoms with Gasteiger partial charge in [0.2, 0.25) is 0 Å². The van der Waals surface area contributed by atoms with Crippen LogP contribution in [0.2, 0.25) is 5.02 Å². The van der Waals surface area contributed by atoms with E-state index in [2.05, 4.69) is 21.2 Å². The van der Waals surface area contributed by atoms with E-state index < -0.39 is 17.8 Å². The van der Waals surface area contributed by atoms with Crippen molar-refractivity contribution in [1.29, 1.82) is 0 Å². The van der Waals surface area contributed by atoms with Gasteiger partial charge in [0.15, 0.2) is 0 Å². The molecule has 4 amide bonds. The fourth-order valence-corrected chi connectivity index (χ4v) is 3.83. The summed E-state index contributed by atoms with van der Waals surface area (Å²) < 4.78 is 19.7. The number of anilines is 1. The second-order valence-corrected chi connectivity index (χ2v) is 8.81. The van der Waals surface area contributed by atoms with Gasteiger partial charge in [-0.05, 0) is 66.6 Å². The van der Waals surface area contributed by atoms with Crippen molar-refractivity contribution in [3.05, 3.63) is 98.2 Å². The molecular formula is C25H17BrClFN2O4. The van der Waals surface area contributed by atoms with Crippen LogP contribution in [0, 0.1) is 12.7 Å². The molecule has 1 N–H and O–H groups in total. The number of halogens is 3. The number of hydrogen-bond acceptors (Lipinski definition) is 4. The molecule has 1 saturated heterocycles. The summed E-state index contributed by atoms with van der Waals surface area (Å²) in [5.74, 6) is -1.58. The molecule has 0 bridgehead atoms. The van der Waals surface area contributed by atoms with Crippen molar-refractivity contribution in [3.8, 4) is 5.75 Å². The van der Waals surface area contributed by atoms with Crippen molar-refractivity contribution in [2.75, 3.05) is 4.90 Å². The monoisotopic (exact) mass is 542 g/mol. The third kappa shape index (κ3) is 5.03. The van der Waals surface area contributed by atoms with Gasteiger partial charge in [-0.3, -0.25) is 14.9 Å². The summed E-state index contributed by atoms with van der Waals surface area (Å²) in [6, 6.07) is 14.8. The number of carbonyl (C=O) groups excluding carboxylic acids is 3. The van der Waals surface area contributed by atoms with E-state index in [-0.39, 0.29) is 23.7 Å². The first-order chi connectivity index (χ1) is 16.2. The molecule has 3 aromatic rings. The van der Waals surface area contributed by atoms with E-state index in [1.807, 2.05) is 0 Å². The maximum atomic E-state index is 13.2. The number of urea groups is 1. The number of carbonyl (C=O) groups is 3. The highest BCUT2D eigenvalue weighted by Gasteiger charge is 2.37. The smallest absolute Gasteiger partial charge is 0.335 e. The molecular weight excluding hydrogens is 527 g/mol. The number of rotatable bonds is 5. The summed E-state index contributed by atoms with van der Waals surface area (Å²) >= 11 is 9.54. The van der Waals surface area contributed by atoms with Crippen LogP contribution in [0.4, 0.5) is 14.9 Å². The van der Waals surface area contributed by atoms with E-state index in [1.54, 1.807) is 49.4 Å². The SMILES string of the molecule is Cc1ccc(N2C(=O)NC(=O)/C(=C/c3cc(Br)ccc3OCc3ccc(F)cc3)C2=O)cc1Cl. The first-order valence-electron chi connectivity index (χ1n) is 10.1. The standard InChI is InChI=1S/C25H17BrClFN2O4/c1-14-2-8-19(12-21(14)27)30-24(32)20(23(31)29-25(30)33)11-16-10-17(26)5-9-22(16)34-13-15-3-6-18(28)7-4-15/h2-12H,13H2,1H3,(H,29,31,33)/b20-11-. The Labute approximate surface area is 208 Å². The highest BCUT2D eigenvalue weighted by Crippen LogP contribution is 2.30. The van der Waals surface area contributed by atoms with Gasteiger partial charge in [-0.1, -0.05) is 45.7 Å². The summed E-state index contributed by atoms with van der Waals surface area (Å²) in [5.41, 5.74) is 1.94. The molecule has 0 aliphatic carbocycles. The van der Waals surface area contributed by atoms with Crippen molar-refractivity contribution in [3.63, 3.8) is 0 Å². The van der Waals surface area contributed by atoms with Gasteiger partial charge in [0.1, 0.15) is 23.7 Å². The van der Waals surface area contributed by atoms with Crippen LogP contribution in [0.15, 0.2) is 70.7 Å². The number of imide groups is 2. The topological polar surface area (TPSA) is 75.7 Å². The zero-order chi connectivity index (χ0) is 24.4. The highest BCUT2D eigenvalue weighted by molar-refractivity contribution is 9.10. The van der Waals surface area contributed by atoms with Crippen LogP contribution in [0.5, 0.6) is 5.75 Å². The zero-order valence-corrected chi connectivity index (χ0v) is 20.1. The van der Waals surface area contributed by atoms with Crippen LogP contribution in [-0.4, -0.2) is 17.8 Å². The number of barbiturate groups is 1. The number of aryl methyl sites for hydroxylation is 1. The molecule has 1 heterocycles. The third-order valence-electron chi connectivity index (χ3n) is 5.09. The quantitative estimate of drug-likeness (QED) is 0.326. The van der Waals surface area contributed by atoms with Gasteiger partial charge in [0, 0.05) is 15.1 Å². The average Bonchev–Trinajstić information content (AvgIpc) is 2.79. The fraction of sp³-hybridized carbons (Fsp3) is 0.0800. The highest BCUT2D eigenvalue weighted by atomic mass is 79.9. The minimum Gasteiger partial charge on any atom is -0.488 e. The molecule has 0 spiro atoms. The van der Waals surface area contributed by atoms with Gasteiger partial charge in [-0.15, -0.1) is 0 Å². The second-order valence-electron chi connectivity index (χ2n) is 7.49. The molecule has 0 saturated carbocycles. The van der Waals surface area contributed by atoms with Crippen molar-refractivity contribution in [1.82, 2.24) is 5.32 Å². The number of amides is 4. The predicted molar refractivity (Wildman–Crippen MR) is 130 cm³/mol. The van der Waals surface area contributed by atoms with Gasteiger partial charge < -0.3 is 4.74 Å². The first-order valence-corrected chi connectivity index (χ1v) is 11.2. The third-order valence-corrected chi connectivity index (χ3v) is 6.00. The van der Waals surface area contributed by atoms with Crippen LogP contribution >= 0.6 is 27.5 Å². The number of nitrogens with one attached hydrogen (secondary N) is 1. The Morgan fingerprint density at radius 2 is 1.79 bits per heavy atom. The van der Waals surface area contributed by atoms with Gasteiger partial charge in [0.25, 0.3) is 11.8 Å². The number of ether oxygens (including phenoxy) is 1. The Kier molecular flexibility index (Phi) is 6.81. The maximum absolute atomic E-state index is 13.2. The van der Waals surface area contributed by atoms with Gasteiger partial charge >= 0.3 is 6.03 Å². The molecule has 0 unspecified atom stereocenters. The largest absolute Gasteiger partial charge is 0.488 e. The van der Waals surface area contributed by atoms with E-state index in [0.717, 1.165) is 16.0 Å². The summed E-state index contributed by atoms with van der Waals surface area (Å²) in [6.45, 7) is 1.94. The lowest BCUT2D eigenvalue weighted by molar-refractivity contribution is -0.122. The Morgan fingerprint density at radius 1 is 1.06 bits per heavy atom. The van der Waals surface area contributed by atoms with Crippen molar-refractivity contribution < 1.29 is 23.5 Å². The van der Waals surface area contributed by atoms with E-state index in [9.17, 15) is 18.8 Å². The van der Waals surface area contributed by atoms with E-state index in [4.69, 9.17) is 16.3 Å². The lowest BCUT2D eigenvalue weighted by Crippen LogP contribution is -2.54. The Bertz CT molecular complexity index is 1340. The molecule has 1 aliphatic rings.